The highest BCUT2D eigenvalue weighted by Crippen LogP contribution is 2.37. The molecule has 2 aromatic heterocycles. The predicted octanol–water partition coefficient (Wildman–Crippen LogP) is 1.72. The standard InChI is InChI=1S/C20H23N3O5/c1-5-6-11(15-17(21)22(3)20(27)23(4)18(15)25)14-16(24)12-9-10(2)7-8-13(12)28-19(14)26/h7-9,11,24H,5-6,21H2,1-4H3. The number of aryl methyl sites for hydroxylation is 1. The van der Waals surface area contributed by atoms with Crippen molar-refractivity contribution in [3.8, 4) is 5.75 Å². The van der Waals surface area contributed by atoms with Crippen LogP contribution in [-0.2, 0) is 14.1 Å². The van der Waals surface area contributed by atoms with Gasteiger partial charge < -0.3 is 15.3 Å². The molecule has 1 unspecified atom stereocenters. The van der Waals surface area contributed by atoms with E-state index < -0.39 is 22.8 Å². The first-order valence-electron chi connectivity index (χ1n) is 9.00. The van der Waals surface area contributed by atoms with Crippen molar-refractivity contribution in [2.45, 2.75) is 32.6 Å². The average Bonchev–Trinajstić information content (AvgIpc) is 2.65. The molecule has 28 heavy (non-hydrogen) atoms. The Morgan fingerprint density at radius 1 is 1.14 bits per heavy atom. The van der Waals surface area contributed by atoms with Gasteiger partial charge in [-0.3, -0.25) is 13.9 Å². The minimum absolute atomic E-state index is 0.0256. The second-order valence-electron chi connectivity index (χ2n) is 7.00. The first-order valence-corrected chi connectivity index (χ1v) is 9.00. The van der Waals surface area contributed by atoms with E-state index in [-0.39, 0.29) is 28.3 Å². The molecule has 3 N–H and O–H groups in total. The second kappa shape index (κ2) is 7.03. The quantitative estimate of drug-likeness (QED) is 0.660. The number of benzene rings is 1. The normalized spacial score (nSPS) is 12.4. The lowest BCUT2D eigenvalue weighted by atomic mass is 9.88. The lowest BCUT2D eigenvalue weighted by Crippen LogP contribution is -2.41. The van der Waals surface area contributed by atoms with Crippen molar-refractivity contribution in [3.05, 3.63) is 66.1 Å². The zero-order valence-corrected chi connectivity index (χ0v) is 16.3. The number of rotatable bonds is 4. The van der Waals surface area contributed by atoms with Gasteiger partial charge in [-0.1, -0.05) is 25.0 Å². The van der Waals surface area contributed by atoms with Crippen LogP contribution in [0.4, 0.5) is 5.82 Å². The van der Waals surface area contributed by atoms with Crippen molar-refractivity contribution in [2.24, 2.45) is 14.1 Å². The van der Waals surface area contributed by atoms with Gasteiger partial charge in [0.15, 0.2) is 0 Å². The summed E-state index contributed by atoms with van der Waals surface area (Å²) in [6.45, 7) is 3.74. The molecule has 0 fully saturated rings. The molecule has 3 aromatic rings. The molecule has 0 aliphatic carbocycles. The van der Waals surface area contributed by atoms with Crippen molar-refractivity contribution < 1.29 is 9.52 Å². The first kappa shape index (κ1) is 19.5. The van der Waals surface area contributed by atoms with E-state index in [2.05, 4.69) is 0 Å². The smallest absolute Gasteiger partial charge is 0.343 e. The maximum atomic E-state index is 12.8. The Bertz CT molecular complexity index is 1250. The van der Waals surface area contributed by atoms with Gasteiger partial charge in [0, 0.05) is 20.0 Å². The molecule has 0 saturated carbocycles. The summed E-state index contributed by atoms with van der Waals surface area (Å²) in [4.78, 5) is 37.7. The number of anilines is 1. The fourth-order valence-corrected chi connectivity index (χ4v) is 3.56. The molecule has 0 spiro atoms. The average molecular weight is 385 g/mol. The third-order valence-corrected chi connectivity index (χ3v) is 5.09. The Morgan fingerprint density at radius 3 is 2.46 bits per heavy atom. The SMILES string of the molecule is CCCC(c1c(O)c2cc(C)ccc2oc1=O)c1c(N)n(C)c(=O)n(C)c1=O. The summed E-state index contributed by atoms with van der Waals surface area (Å²) in [6.07, 6.45) is 0.980. The topological polar surface area (TPSA) is 120 Å². The van der Waals surface area contributed by atoms with Crippen molar-refractivity contribution >= 4 is 16.8 Å². The van der Waals surface area contributed by atoms with E-state index in [9.17, 15) is 19.5 Å². The van der Waals surface area contributed by atoms with Crippen molar-refractivity contribution in [1.29, 1.82) is 0 Å². The van der Waals surface area contributed by atoms with Gasteiger partial charge in [0.2, 0.25) is 0 Å². The number of aromatic nitrogens is 2. The third kappa shape index (κ3) is 2.90. The summed E-state index contributed by atoms with van der Waals surface area (Å²) in [5.41, 5.74) is 5.41. The van der Waals surface area contributed by atoms with E-state index in [1.54, 1.807) is 18.2 Å². The summed E-state index contributed by atoms with van der Waals surface area (Å²) in [5.74, 6) is -1.07. The molecule has 1 atom stereocenters. The molecular formula is C20H23N3O5. The number of hydrogen-bond donors (Lipinski definition) is 2. The molecular weight excluding hydrogens is 362 g/mol. The van der Waals surface area contributed by atoms with Crippen LogP contribution >= 0.6 is 0 Å². The van der Waals surface area contributed by atoms with Crippen LogP contribution in [0, 0.1) is 6.92 Å². The van der Waals surface area contributed by atoms with Crippen molar-refractivity contribution in [2.75, 3.05) is 5.73 Å². The van der Waals surface area contributed by atoms with Crippen molar-refractivity contribution in [1.82, 2.24) is 9.13 Å². The number of nitrogen functional groups attached to an aromatic ring is 1. The lowest BCUT2D eigenvalue weighted by Gasteiger charge is -2.21. The molecule has 0 aliphatic rings. The van der Waals surface area contributed by atoms with Gasteiger partial charge >= 0.3 is 11.3 Å². The second-order valence-corrected chi connectivity index (χ2v) is 7.00. The van der Waals surface area contributed by atoms with E-state index in [4.69, 9.17) is 10.2 Å². The molecule has 0 saturated heterocycles. The summed E-state index contributed by atoms with van der Waals surface area (Å²) < 4.78 is 7.51. The van der Waals surface area contributed by atoms with E-state index in [0.29, 0.717) is 18.2 Å². The summed E-state index contributed by atoms with van der Waals surface area (Å²) in [5, 5.41) is 11.3. The number of nitrogens with zero attached hydrogens (tertiary/aromatic N) is 2. The van der Waals surface area contributed by atoms with Crippen LogP contribution in [0.5, 0.6) is 5.75 Å². The maximum absolute atomic E-state index is 12.8. The maximum Gasteiger partial charge on any atom is 0.343 e. The fraction of sp³-hybridized carbons (Fsp3) is 0.350. The summed E-state index contributed by atoms with van der Waals surface area (Å²) in [6, 6.07) is 5.10. The minimum atomic E-state index is -0.809. The molecule has 8 nitrogen and oxygen atoms in total. The van der Waals surface area contributed by atoms with Crippen LogP contribution in [0.2, 0.25) is 0 Å². The molecule has 2 heterocycles. The fourth-order valence-electron chi connectivity index (χ4n) is 3.56. The molecule has 0 radical (unpaired) electrons. The van der Waals surface area contributed by atoms with Gasteiger partial charge in [0.1, 0.15) is 17.2 Å². The number of fused-ring (bicyclic) bond motifs is 1. The predicted molar refractivity (Wildman–Crippen MR) is 107 cm³/mol. The molecule has 0 bridgehead atoms. The Morgan fingerprint density at radius 2 is 1.82 bits per heavy atom. The van der Waals surface area contributed by atoms with Gasteiger partial charge in [-0.15, -0.1) is 0 Å². The highest BCUT2D eigenvalue weighted by Gasteiger charge is 2.29. The lowest BCUT2D eigenvalue weighted by molar-refractivity contribution is 0.447. The minimum Gasteiger partial charge on any atom is -0.507 e. The Kier molecular flexibility index (Phi) is 4.89. The van der Waals surface area contributed by atoms with Crippen LogP contribution in [0.3, 0.4) is 0 Å². The van der Waals surface area contributed by atoms with E-state index in [1.165, 1.54) is 14.1 Å². The number of hydrogen-bond acceptors (Lipinski definition) is 6. The molecule has 8 heteroatoms. The molecule has 1 aromatic carbocycles. The van der Waals surface area contributed by atoms with Gasteiger partial charge in [-0.2, -0.15) is 0 Å². The van der Waals surface area contributed by atoms with Gasteiger partial charge in [-0.25, -0.2) is 9.59 Å². The highest BCUT2D eigenvalue weighted by atomic mass is 16.4. The first-order chi connectivity index (χ1) is 13.2. The van der Waals surface area contributed by atoms with Crippen LogP contribution in [0.15, 0.2) is 37.0 Å². The zero-order valence-electron chi connectivity index (χ0n) is 16.3. The molecule has 0 aliphatic heterocycles. The number of nitrogens with two attached hydrogens (primary N) is 1. The largest absolute Gasteiger partial charge is 0.507 e. The third-order valence-electron chi connectivity index (χ3n) is 5.09. The Hall–Kier alpha value is -3.29. The van der Waals surface area contributed by atoms with Crippen LogP contribution in [0.1, 0.15) is 42.4 Å². The summed E-state index contributed by atoms with van der Waals surface area (Å²) in [7, 11) is 2.80. The monoisotopic (exact) mass is 385 g/mol. The molecule has 0 amide bonds. The van der Waals surface area contributed by atoms with Gasteiger partial charge in [0.25, 0.3) is 5.56 Å². The molecule has 3 rings (SSSR count). The van der Waals surface area contributed by atoms with Crippen LogP contribution < -0.4 is 22.6 Å². The van der Waals surface area contributed by atoms with E-state index in [0.717, 1.165) is 14.7 Å². The van der Waals surface area contributed by atoms with Gasteiger partial charge in [0.05, 0.1) is 16.5 Å². The van der Waals surface area contributed by atoms with Crippen LogP contribution in [-0.4, -0.2) is 14.2 Å². The van der Waals surface area contributed by atoms with Gasteiger partial charge in [-0.05, 0) is 25.5 Å². The van der Waals surface area contributed by atoms with Crippen LogP contribution in [0.25, 0.3) is 11.0 Å². The van der Waals surface area contributed by atoms with Crippen molar-refractivity contribution in [3.63, 3.8) is 0 Å². The Labute approximate surface area is 160 Å². The number of aromatic hydroxyl groups is 1. The highest BCUT2D eigenvalue weighted by molar-refractivity contribution is 5.85. The Balaban J connectivity index is 2.42. The van der Waals surface area contributed by atoms with E-state index in [1.807, 2.05) is 13.8 Å². The van der Waals surface area contributed by atoms with E-state index >= 15 is 0 Å². The zero-order chi connectivity index (χ0) is 20.7. The summed E-state index contributed by atoms with van der Waals surface area (Å²) >= 11 is 0. The molecule has 148 valence electrons.